The Morgan fingerprint density at radius 2 is 1.86 bits per heavy atom. The van der Waals surface area contributed by atoms with Gasteiger partial charge in [-0.15, -0.1) is 0 Å². The lowest BCUT2D eigenvalue weighted by atomic mass is 10.1. The molecule has 0 aliphatic heterocycles. The molecule has 188 valence electrons. The van der Waals surface area contributed by atoms with Crippen molar-refractivity contribution < 1.29 is 23.5 Å². The van der Waals surface area contributed by atoms with Crippen LogP contribution < -0.4 is 0 Å². The van der Waals surface area contributed by atoms with Crippen LogP contribution in [0.25, 0.3) is 0 Å². The van der Waals surface area contributed by atoms with Crippen molar-refractivity contribution in [2.24, 2.45) is 0 Å². The van der Waals surface area contributed by atoms with E-state index in [-0.39, 0.29) is 24.5 Å². The molecular formula is C27H29FN4O4. The Balaban J connectivity index is 1.92. The lowest BCUT2D eigenvalue weighted by Crippen LogP contribution is -2.37. The third-order valence-electron chi connectivity index (χ3n) is 4.96. The van der Waals surface area contributed by atoms with Gasteiger partial charge in [-0.05, 0) is 63.4 Å². The Labute approximate surface area is 210 Å². The van der Waals surface area contributed by atoms with Crippen molar-refractivity contribution in [2.75, 3.05) is 7.11 Å². The van der Waals surface area contributed by atoms with E-state index in [0.29, 0.717) is 23.8 Å². The van der Waals surface area contributed by atoms with Gasteiger partial charge in [0.25, 0.3) is 0 Å². The van der Waals surface area contributed by atoms with Crippen LogP contribution in [0.15, 0.2) is 48.8 Å². The number of carbonyl (C=O) groups is 2. The predicted molar refractivity (Wildman–Crippen MR) is 131 cm³/mol. The van der Waals surface area contributed by atoms with Crippen LogP contribution in [0.5, 0.6) is 0 Å². The van der Waals surface area contributed by atoms with Gasteiger partial charge in [-0.1, -0.05) is 18.1 Å². The molecule has 0 atom stereocenters. The molecule has 0 aliphatic carbocycles. The van der Waals surface area contributed by atoms with Crippen LogP contribution in [0.2, 0.25) is 0 Å². The van der Waals surface area contributed by atoms with E-state index >= 15 is 0 Å². The van der Waals surface area contributed by atoms with Gasteiger partial charge in [-0.2, -0.15) is 0 Å². The highest BCUT2D eigenvalue weighted by atomic mass is 19.1. The maximum Gasteiger partial charge on any atom is 0.411 e. The zero-order valence-electron chi connectivity index (χ0n) is 21.0. The fraction of sp³-hybridized carbons (Fsp3) is 0.333. The molecule has 8 nitrogen and oxygen atoms in total. The standard InChI is InChI=1S/C27H29FN4O4/c1-6-7-22-14-20(25(33)35-5)15-23(30-22)17-32(26(34)36-27(2,3)4)18-24-29-12-13-31(24)16-19-8-10-21(28)11-9-19/h8-15H,16-18H2,1-5H3. The topological polar surface area (TPSA) is 86.6 Å². The Kier molecular flexibility index (Phi) is 8.43. The number of amides is 1. The van der Waals surface area contributed by atoms with Crippen molar-refractivity contribution in [3.8, 4) is 11.8 Å². The molecule has 3 rings (SSSR count). The fourth-order valence-electron chi connectivity index (χ4n) is 3.40. The monoisotopic (exact) mass is 492 g/mol. The first-order valence-electron chi connectivity index (χ1n) is 11.3. The van der Waals surface area contributed by atoms with Crippen LogP contribution in [0.1, 0.15) is 60.8 Å². The number of ether oxygens (including phenoxy) is 2. The number of methoxy groups -OCH3 is 1. The molecule has 0 fully saturated rings. The van der Waals surface area contributed by atoms with Crippen LogP contribution in [-0.2, 0) is 29.1 Å². The second kappa shape index (κ2) is 11.5. The average molecular weight is 493 g/mol. The molecule has 9 heteroatoms. The molecule has 2 aromatic heterocycles. The van der Waals surface area contributed by atoms with Gasteiger partial charge in [0.05, 0.1) is 31.5 Å². The van der Waals surface area contributed by atoms with E-state index in [1.165, 1.54) is 24.1 Å². The van der Waals surface area contributed by atoms with Crippen molar-refractivity contribution in [2.45, 2.75) is 52.9 Å². The first-order chi connectivity index (χ1) is 17.1. The number of hydrogen-bond donors (Lipinski definition) is 0. The van der Waals surface area contributed by atoms with E-state index in [4.69, 9.17) is 9.47 Å². The van der Waals surface area contributed by atoms with Crippen LogP contribution in [0.3, 0.4) is 0 Å². The molecule has 0 aliphatic rings. The minimum atomic E-state index is -0.723. The maximum atomic E-state index is 13.3. The molecule has 2 heterocycles. The summed E-state index contributed by atoms with van der Waals surface area (Å²) in [5.74, 6) is 5.37. The van der Waals surface area contributed by atoms with Crippen molar-refractivity contribution in [3.63, 3.8) is 0 Å². The Morgan fingerprint density at radius 1 is 1.14 bits per heavy atom. The summed E-state index contributed by atoms with van der Waals surface area (Å²) in [5.41, 5.74) is 1.27. The zero-order valence-corrected chi connectivity index (χ0v) is 21.0. The van der Waals surface area contributed by atoms with E-state index in [9.17, 15) is 14.0 Å². The minimum Gasteiger partial charge on any atom is -0.465 e. The number of carbonyl (C=O) groups excluding carboxylic acids is 2. The first-order valence-corrected chi connectivity index (χ1v) is 11.3. The minimum absolute atomic E-state index is 0.0432. The lowest BCUT2D eigenvalue weighted by Gasteiger charge is -2.27. The summed E-state index contributed by atoms with van der Waals surface area (Å²) >= 11 is 0. The molecule has 1 aromatic carbocycles. The third-order valence-corrected chi connectivity index (χ3v) is 4.96. The summed E-state index contributed by atoms with van der Waals surface area (Å²) < 4.78 is 25.7. The van der Waals surface area contributed by atoms with Gasteiger partial charge in [0.2, 0.25) is 0 Å². The number of benzene rings is 1. The highest BCUT2D eigenvalue weighted by Gasteiger charge is 2.25. The SMILES string of the molecule is CC#Cc1cc(C(=O)OC)cc(CN(Cc2nccn2Cc2ccc(F)cc2)C(=O)OC(C)(C)C)n1. The Bertz CT molecular complexity index is 1280. The Morgan fingerprint density at radius 3 is 2.50 bits per heavy atom. The second-order valence-electron chi connectivity index (χ2n) is 9.03. The van der Waals surface area contributed by atoms with E-state index < -0.39 is 17.7 Å². The quantitative estimate of drug-likeness (QED) is 0.355. The van der Waals surface area contributed by atoms with Gasteiger partial charge >= 0.3 is 12.1 Å². The fourth-order valence-corrected chi connectivity index (χ4v) is 3.40. The highest BCUT2D eigenvalue weighted by molar-refractivity contribution is 5.89. The summed E-state index contributed by atoms with van der Waals surface area (Å²) in [5, 5.41) is 0. The number of aromatic nitrogens is 3. The molecule has 0 N–H and O–H groups in total. The normalized spacial score (nSPS) is 10.8. The van der Waals surface area contributed by atoms with Crippen molar-refractivity contribution in [1.82, 2.24) is 19.4 Å². The largest absolute Gasteiger partial charge is 0.465 e. The van der Waals surface area contributed by atoms with Crippen LogP contribution >= 0.6 is 0 Å². The molecule has 36 heavy (non-hydrogen) atoms. The van der Waals surface area contributed by atoms with Gasteiger partial charge in [-0.25, -0.2) is 23.9 Å². The summed E-state index contributed by atoms with van der Waals surface area (Å²) in [6, 6.07) is 9.30. The van der Waals surface area contributed by atoms with Crippen LogP contribution in [0.4, 0.5) is 9.18 Å². The number of halogens is 1. The molecule has 0 saturated heterocycles. The van der Waals surface area contributed by atoms with E-state index in [2.05, 4.69) is 21.8 Å². The van der Waals surface area contributed by atoms with Crippen LogP contribution in [0, 0.1) is 17.7 Å². The maximum absolute atomic E-state index is 13.3. The summed E-state index contributed by atoms with van der Waals surface area (Å²) in [4.78, 5) is 35.7. The van der Waals surface area contributed by atoms with Crippen molar-refractivity contribution in [3.05, 3.63) is 82.9 Å². The predicted octanol–water partition coefficient (Wildman–Crippen LogP) is 4.56. The van der Waals surface area contributed by atoms with E-state index in [1.54, 1.807) is 64.4 Å². The van der Waals surface area contributed by atoms with E-state index in [1.807, 2.05) is 4.57 Å². The number of esters is 1. The summed E-state index contributed by atoms with van der Waals surface area (Å²) in [6.07, 6.45) is 2.86. The van der Waals surface area contributed by atoms with Gasteiger partial charge in [-0.3, -0.25) is 4.90 Å². The van der Waals surface area contributed by atoms with Crippen molar-refractivity contribution >= 4 is 12.1 Å². The van der Waals surface area contributed by atoms with Gasteiger partial charge in [0, 0.05) is 18.9 Å². The van der Waals surface area contributed by atoms with Gasteiger partial charge in [0.1, 0.15) is 22.9 Å². The van der Waals surface area contributed by atoms with Crippen molar-refractivity contribution in [1.29, 1.82) is 0 Å². The zero-order chi connectivity index (χ0) is 26.3. The summed E-state index contributed by atoms with van der Waals surface area (Å²) in [7, 11) is 1.29. The lowest BCUT2D eigenvalue weighted by molar-refractivity contribution is 0.0207. The molecule has 3 aromatic rings. The number of nitrogens with zero attached hydrogens (tertiary/aromatic N) is 4. The van der Waals surface area contributed by atoms with Crippen LogP contribution in [-0.4, -0.2) is 44.2 Å². The number of rotatable bonds is 7. The number of imidazole rings is 1. The molecule has 0 radical (unpaired) electrons. The molecular weight excluding hydrogens is 463 g/mol. The van der Waals surface area contributed by atoms with Gasteiger partial charge < -0.3 is 14.0 Å². The first kappa shape index (κ1) is 26.4. The number of pyridine rings is 1. The molecule has 0 spiro atoms. The molecule has 0 bridgehead atoms. The van der Waals surface area contributed by atoms with Gasteiger partial charge in [0.15, 0.2) is 0 Å². The number of hydrogen-bond acceptors (Lipinski definition) is 6. The second-order valence-corrected chi connectivity index (χ2v) is 9.03. The smallest absolute Gasteiger partial charge is 0.411 e. The highest BCUT2D eigenvalue weighted by Crippen LogP contribution is 2.17. The average Bonchev–Trinajstić information content (AvgIpc) is 3.25. The molecule has 0 saturated carbocycles. The van der Waals surface area contributed by atoms with E-state index in [0.717, 1.165) is 5.56 Å². The summed E-state index contributed by atoms with van der Waals surface area (Å²) in [6.45, 7) is 7.62. The third kappa shape index (κ3) is 7.40. The molecule has 1 amide bonds. The molecule has 0 unspecified atom stereocenters. The Hall–Kier alpha value is -4.19.